The van der Waals surface area contributed by atoms with E-state index in [1.165, 1.54) is 43.5 Å². The van der Waals surface area contributed by atoms with Crippen molar-refractivity contribution in [2.75, 3.05) is 20.3 Å². The van der Waals surface area contributed by atoms with Gasteiger partial charge in [-0.25, -0.2) is 14.0 Å². The highest BCUT2D eigenvalue weighted by Gasteiger charge is 2.80. The summed E-state index contributed by atoms with van der Waals surface area (Å²) >= 11 is 0. The molecule has 15 heteroatoms. The number of ether oxygens (including phenoxy) is 5. The number of carbonyl (C=O) groups excluding carboxylic acids is 4. The molecule has 1 heterocycles. The Kier molecular flexibility index (Phi) is 9.00. The van der Waals surface area contributed by atoms with Crippen LogP contribution in [0.25, 0.3) is 6.08 Å². The molecular formula is C36H40FNO13. The van der Waals surface area contributed by atoms with Gasteiger partial charge in [-0.1, -0.05) is 24.6 Å². The van der Waals surface area contributed by atoms with Crippen LogP contribution in [-0.4, -0.2) is 83.3 Å². The zero-order chi connectivity index (χ0) is 37.1. The van der Waals surface area contributed by atoms with Crippen LogP contribution in [0.4, 0.5) is 4.39 Å². The van der Waals surface area contributed by atoms with E-state index in [9.17, 15) is 34.4 Å². The normalized spacial score (nSPS) is 35.9. The second-order valence-electron chi connectivity index (χ2n) is 14.6. The van der Waals surface area contributed by atoms with Crippen molar-refractivity contribution >= 4 is 29.6 Å². The highest BCUT2D eigenvalue weighted by molar-refractivity contribution is 6.01. The van der Waals surface area contributed by atoms with Crippen molar-refractivity contribution in [3.05, 3.63) is 63.8 Å². The zero-order valence-corrected chi connectivity index (χ0v) is 28.8. The summed E-state index contributed by atoms with van der Waals surface area (Å²) in [6.07, 6.45) is 5.54. The summed E-state index contributed by atoms with van der Waals surface area (Å²) in [5, 5.41) is 20.9. The number of methoxy groups -OCH3 is 1. The smallest absolute Gasteiger partial charge is 0.337 e. The third-order valence-corrected chi connectivity index (χ3v) is 11.5. The molecule has 0 spiro atoms. The molecule has 1 saturated heterocycles. The average Bonchev–Trinajstić information content (AvgIpc) is 3.48. The lowest BCUT2D eigenvalue weighted by Crippen LogP contribution is -2.70. The maximum Gasteiger partial charge on any atom is 0.337 e. The topological polar surface area (TPSA) is 187 Å². The van der Waals surface area contributed by atoms with E-state index in [1.54, 1.807) is 26.8 Å². The molecule has 1 aliphatic heterocycles. The van der Waals surface area contributed by atoms with E-state index in [4.69, 9.17) is 23.7 Å². The third-order valence-electron chi connectivity index (χ3n) is 11.5. The molecule has 1 unspecified atom stereocenters. The van der Waals surface area contributed by atoms with Gasteiger partial charge in [0.25, 0.3) is 5.09 Å². The number of nitrogens with zero attached hydrogens (tertiary/aromatic N) is 1. The van der Waals surface area contributed by atoms with Gasteiger partial charge in [0.15, 0.2) is 47.6 Å². The van der Waals surface area contributed by atoms with Gasteiger partial charge in [0, 0.05) is 22.8 Å². The van der Waals surface area contributed by atoms with Gasteiger partial charge in [-0.3, -0.25) is 9.59 Å². The fourth-order valence-corrected chi connectivity index (χ4v) is 9.39. The minimum absolute atomic E-state index is 0.0407. The number of hydrogen-bond acceptors (Lipinski definition) is 13. The number of carbonyl (C=O) groups is 4. The van der Waals surface area contributed by atoms with Crippen molar-refractivity contribution in [3.8, 4) is 11.5 Å². The summed E-state index contributed by atoms with van der Waals surface area (Å²) in [7, 11) is 1.31. The first kappa shape index (κ1) is 36.3. The van der Waals surface area contributed by atoms with Gasteiger partial charge < -0.3 is 33.6 Å². The molecule has 0 radical (unpaired) electrons. The van der Waals surface area contributed by atoms with Crippen molar-refractivity contribution in [3.63, 3.8) is 0 Å². The predicted molar refractivity (Wildman–Crippen MR) is 173 cm³/mol. The Morgan fingerprint density at radius 2 is 1.88 bits per heavy atom. The minimum atomic E-state index is -2.11. The molecule has 3 saturated carbocycles. The van der Waals surface area contributed by atoms with Crippen LogP contribution in [0.3, 0.4) is 0 Å². The molecule has 6 rings (SSSR count). The molecule has 0 amide bonds. The minimum Gasteiger partial charge on any atom is -0.493 e. The highest BCUT2D eigenvalue weighted by atomic mass is 19.1. The Labute approximate surface area is 292 Å². The van der Waals surface area contributed by atoms with Crippen LogP contribution in [0.1, 0.15) is 58.9 Å². The number of fused-ring (bicyclic) bond motifs is 7. The van der Waals surface area contributed by atoms with E-state index >= 15 is 4.39 Å². The van der Waals surface area contributed by atoms with Crippen molar-refractivity contribution in [2.45, 2.75) is 82.6 Å². The number of alkyl halides is 1. The summed E-state index contributed by atoms with van der Waals surface area (Å²) in [5.41, 5.74) is -4.97. The Morgan fingerprint density at radius 3 is 2.59 bits per heavy atom. The molecule has 0 aromatic heterocycles. The summed E-state index contributed by atoms with van der Waals surface area (Å²) in [5.74, 6) is -4.92. The van der Waals surface area contributed by atoms with Crippen molar-refractivity contribution in [1.29, 1.82) is 0 Å². The van der Waals surface area contributed by atoms with Crippen molar-refractivity contribution in [1.82, 2.24) is 0 Å². The number of aliphatic hydroxyl groups is 1. The van der Waals surface area contributed by atoms with Crippen LogP contribution in [0.2, 0.25) is 0 Å². The molecule has 14 nitrogen and oxygen atoms in total. The Bertz CT molecular complexity index is 1770. The number of rotatable bonds is 10. The molecule has 4 aliphatic carbocycles. The maximum atomic E-state index is 17.6. The van der Waals surface area contributed by atoms with Crippen LogP contribution in [0.15, 0.2) is 48.1 Å². The fraction of sp³-hybridized carbons (Fsp3) is 0.556. The Morgan fingerprint density at radius 1 is 1.14 bits per heavy atom. The number of allylic oxidation sites excluding steroid dienone is 4. The standard InChI is InChI=1S/C36H40FNO13/c1-32(2)50-29-16-24-23-9-8-21-15-22(39)12-13-33(21,3)35(23,37)27(40)17-34(24,4)36(29,51-32)28(41)18-47-30(42)11-7-20-6-10-25(26(14-20)46-5)49-31(43)19-48-38(44)45/h6-7,10-15,23-24,27,29,40H,8-9,16-19H2,1-5H3/b11-7+/t23?,24-,27-,29+,33-,34-,35-,36+/m0/s1. The van der Waals surface area contributed by atoms with Gasteiger partial charge in [-0.15, -0.1) is 10.1 Å². The van der Waals surface area contributed by atoms with Crippen molar-refractivity contribution in [2.24, 2.45) is 22.7 Å². The molecule has 274 valence electrons. The third kappa shape index (κ3) is 5.75. The van der Waals surface area contributed by atoms with E-state index in [-0.39, 0.29) is 30.1 Å². The molecule has 1 N–H and O–H groups in total. The molecular weight excluding hydrogens is 673 g/mol. The Hall–Kier alpha value is -4.47. The number of aliphatic hydroxyl groups excluding tert-OH is 1. The molecule has 51 heavy (non-hydrogen) atoms. The largest absolute Gasteiger partial charge is 0.493 e. The van der Waals surface area contributed by atoms with Crippen molar-refractivity contribution < 1.29 is 62.3 Å². The molecule has 1 aromatic rings. The van der Waals surface area contributed by atoms with Gasteiger partial charge in [-0.2, -0.15) is 0 Å². The van der Waals surface area contributed by atoms with Crippen LogP contribution >= 0.6 is 0 Å². The van der Waals surface area contributed by atoms with E-state index in [1.807, 2.05) is 6.92 Å². The summed E-state index contributed by atoms with van der Waals surface area (Å²) in [4.78, 5) is 65.4. The lowest BCUT2D eigenvalue weighted by molar-refractivity contribution is -0.754. The summed E-state index contributed by atoms with van der Waals surface area (Å²) in [6, 6.07) is 4.27. The molecule has 8 atom stereocenters. The van der Waals surface area contributed by atoms with E-state index < -0.39 is 88.0 Å². The first-order chi connectivity index (χ1) is 23.9. The van der Waals surface area contributed by atoms with Crippen LogP contribution in [0.5, 0.6) is 11.5 Å². The summed E-state index contributed by atoms with van der Waals surface area (Å²) < 4.78 is 46.0. The van der Waals surface area contributed by atoms with Gasteiger partial charge in [0.1, 0.15) is 0 Å². The first-order valence-electron chi connectivity index (χ1n) is 16.6. The number of esters is 2. The molecule has 0 bridgehead atoms. The number of ketones is 2. The maximum absolute atomic E-state index is 17.6. The van der Waals surface area contributed by atoms with E-state index in [2.05, 4.69) is 4.84 Å². The lowest BCUT2D eigenvalue weighted by Gasteiger charge is -2.62. The number of benzene rings is 1. The van der Waals surface area contributed by atoms with E-state index in [0.717, 1.165) is 6.08 Å². The van der Waals surface area contributed by atoms with Gasteiger partial charge >= 0.3 is 11.9 Å². The molecule has 5 aliphatic rings. The molecule has 4 fully saturated rings. The zero-order valence-electron chi connectivity index (χ0n) is 28.8. The first-order valence-corrected chi connectivity index (χ1v) is 16.6. The number of hydrogen-bond donors (Lipinski definition) is 1. The number of halogens is 1. The van der Waals surface area contributed by atoms with Gasteiger partial charge in [0.05, 0.1) is 19.3 Å². The van der Waals surface area contributed by atoms with E-state index in [0.29, 0.717) is 24.0 Å². The Balaban J connectivity index is 1.19. The van der Waals surface area contributed by atoms with Gasteiger partial charge in [0.2, 0.25) is 5.78 Å². The van der Waals surface area contributed by atoms with Crippen LogP contribution in [0, 0.1) is 32.8 Å². The second kappa shape index (κ2) is 12.6. The fourth-order valence-electron chi connectivity index (χ4n) is 9.39. The van der Waals surface area contributed by atoms with Crippen LogP contribution in [-0.2, 0) is 38.2 Å². The average molecular weight is 714 g/mol. The SMILES string of the molecule is COc1cc(/C=C/C(=O)OCC(=O)[C@@]23OC(C)(C)O[C@@H]2C[C@H]2C4CCC5=CC(=O)C=C[C@]5(C)[C@@]4(F)[C@@H](O)C[C@@]23C)ccc1OC(=O)CO[N+](=O)[O-]. The monoisotopic (exact) mass is 713 g/mol. The highest BCUT2D eigenvalue weighted by Crippen LogP contribution is 2.72. The van der Waals surface area contributed by atoms with Crippen LogP contribution < -0.4 is 9.47 Å². The van der Waals surface area contributed by atoms with Gasteiger partial charge in [-0.05, 0) is 88.3 Å². The number of Topliss-reactive ketones (excluding diaryl/α,β-unsaturated/α-hetero) is 1. The molecule has 1 aromatic carbocycles. The predicted octanol–water partition coefficient (Wildman–Crippen LogP) is 3.81. The second-order valence-corrected chi connectivity index (χ2v) is 14.6. The lowest BCUT2D eigenvalue weighted by atomic mass is 9.44. The summed E-state index contributed by atoms with van der Waals surface area (Å²) in [6.45, 7) is 5.29. The quantitative estimate of drug-likeness (QED) is 0.121.